The van der Waals surface area contributed by atoms with E-state index in [0.29, 0.717) is 11.1 Å². The summed E-state index contributed by atoms with van der Waals surface area (Å²) in [6, 6.07) is 4.50. The molecule has 1 rings (SSSR count). The zero-order valence-electron chi connectivity index (χ0n) is 9.82. The second-order valence-electron chi connectivity index (χ2n) is 3.94. The van der Waals surface area contributed by atoms with E-state index in [9.17, 15) is 18.9 Å². The molecule has 0 atom stereocenters. The van der Waals surface area contributed by atoms with Gasteiger partial charge in [0.25, 0.3) is 11.6 Å². The van der Waals surface area contributed by atoms with E-state index in [1.165, 1.54) is 12.1 Å². The van der Waals surface area contributed by atoms with Crippen LogP contribution in [-0.4, -0.2) is 29.1 Å². The Morgan fingerprint density at radius 1 is 1.50 bits per heavy atom. The molecular weight excluding hydrogens is 246 g/mol. The molecule has 0 saturated heterocycles. The molecule has 1 aromatic rings. The van der Waals surface area contributed by atoms with Gasteiger partial charge in [0.05, 0.1) is 11.5 Å². The van der Waals surface area contributed by atoms with Crippen LogP contribution in [0.3, 0.4) is 0 Å². The largest absolute Gasteiger partial charge is 0.390 e. The summed E-state index contributed by atoms with van der Waals surface area (Å²) in [5.74, 6) is -3.19. The van der Waals surface area contributed by atoms with Gasteiger partial charge in [-0.15, -0.1) is 0 Å². The monoisotopic (exact) mass is 260 g/mol. The number of hydrogen-bond donors (Lipinski definition) is 2. The van der Waals surface area contributed by atoms with Gasteiger partial charge in [0.1, 0.15) is 6.61 Å². The molecule has 0 aliphatic carbocycles. The van der Waals surface area contributed by atoms with Gasteiger partial charge in [-0.1, -0.05) is 12.1 Å². The molecule has 0 spiro atoms. The SMILES string of the molecule is Cc1c(CNCC(F)(F)CO)cccc1[N+](=O)[O-]. The lowest BCUT2D eigenvalue weighted by molar-refractivity contribution is -0.385. The quantitative estimate of drug-likeness (QED) is 0.602. The normalized spacial score (nSPS) is 11.6. The van der Waals surface area contributed by atoms with Crippen molar-refractivity contribution in [3.05, 3.63) is 39.4 Å². The van der Waals surface area contributed by atoms with Crippen LogP contribution in [0.1, 0.15) is 11.1 Å². The van der Waals surface area contributed by atoms with Crippen molar-refractivity contribution in [3.63, 3.8) is 0 Å². The van der Waals surface area contributed by atoms with Crippen LogP contribution in [0.5, 0.6) is 0 Å². The van der Waals surface area contributed by atoms with Crippen LogP contribution in [0.2, 0.25) is 0 Å². The zero-order valence-corrected chi connectivity index (χ0v) is 9.82. The third-order valence-corrected chi connectivity index (χ3v) is 2.54. The molecule has 0 saturated carbocycles. The van der Waals surface area contributed by atoms with Crippen LogP contribution in [0.15, 0.2) is 18.2 Å². The zero-order chi connectivity index (χ0) is 13.8. The van der Waals surface area contributed by atoms with Gasteiger partial charge >= 0.3 is 0 Å². The molecule has 0 aliphatic rings. The lowest BCUT2D eigenvalue weighted by atomic mass is 10.1. The third kappa shape index (κ3) is 3.71. The summed E-state index contributed by atoms with van der Waals surface area (Å²) in [4.78, 5) is 10.2. The maximum Gasteiger partial charge on any atom is 0.282 e. The minimum Gasteiger partial charge on any atom is -0.390 e. The average Bonchev–Trinajstić information content (AvgIpc) is 2.31. The van der Waals surface area contributed by atoms with Gasteiger partial charge in [0.15, 0.2) is 0 Å². The van der Waals surface area contributed by atoms with Crippen molar-refractivity contribution in [2.75, 3.05) is 13.2 Å². The number of rotatable bonds is 6. The first-order chi connectivity index (χ1) is 8.37. The van der Waals surface area contributed by atoms with Crippen molar-refractivity contribution in [2.24, 2.45) is 0 Å². The van der Waals surface area contributed by atoms with Gasteiger partial charge in [0, 0.05) is 18.2 Å². The number of nitro groups is 1. The van der Waals surface area contributed by atoms with Gasteiger partial charge in [-0.25, -0.2) is 8.78 Å². The number of halogens is 2. The second kappa shape index (κ2) is 5.83. The summed E-state index contributed by atoms with van der Waals surface area (Å²) in [6.45, 7) is -0.248. The highest BCUT2D eigenvalue weighted by Gasteiger charge is 2.26. The fraction of sp³-hybridized carbons (Fsp3) is 0.455. The van der Waals surface area contributed by atoms with Crippen LogP contribution in [-0.2, 0) is 6.54 Å². The van der Waals surface area contributed by atoms with Gasteiger partial charge in [-0.05, 0) is 12.5 Å². The molecule has 0 aromatic heterocycles. The first kappa shape index (κ1) is 14.5. The molecule has 0 radical (unpaired) electrons. The smallest absolute Gasteiger partial charge is 0.282 e. The summed E-state index contributed by atoms with van der Waals surface area (Å²) in [5, 5.41) is 21.5. The van der Waals surface area contributed by atoms with Gasteiger partial charge in [-0.2, -0.15) is 0 Å². The standard InChI is InChI=1S/C11H14F2N2O3/c1-8-9(3-2-4-10(8)15(17)18)5-14-6-11(12,13)7-16/h2-4,14,16H,5-7H2,1H3. The highest BCUT2D eigenvalue weighted by atomic mass is 19.3. The summed E-state index contributed by atoms with van der Waals surface area (Å²) in [5.41, 5.74) is 0.989. The Bertz CT molecular complexity index is 438. The molecule has 0 fully saturated rings. The lowest BCUT2D eigenvalue weighted by Gasteiger charge is -2.14. The Morgan fingerprint density at radius 2 is 2.17 bits per heavy atom. The molecule has 1 aromatic carbocycles. The Morgan fingerprint density at radius 3 is 2.72 bits per heavy atom. The maximum absolute atomic E-state index is 12.7. The Hall–Kier alpha value is -1.60. The summed E-state index contributed by atoms with van der Waals surface area (Å²) in [6.07, 6.45) is 0. The van der Waals surface area contributed by atoms with Crippen molar-refractivity contribution >= 4 is 5.69 Å². The number of hydrogen-bond acceptors (Lipinski definition) is 4. The predicted molar refractivity (Wildman–Crippen MR) is 61.6 cm³/mol. The number of nitro benzene ring substituents is 1. The van der Waals surface area contributed by atoms with E-state index in [1.807, 2.05) is 0 Å². The number of nitrogens with zero attached hydrogens (tertiary/aromatic N) is 1. The minimum absolute atomic E-state index is 0.0387. The van der Waals surface area contributed by atoms with Gasteiger partial charge in [-0.3, -0.25) is 10.1 Å². The van der Waals surface area contributed by atoms with Crippen molar-refractivity contribution in [1.29, 1.82) is 0 Å². The third-order valence-electron chi connectivity index (χ3n) is 2.54. The van der Waals surface area contributed by atoms with E-state index < -0.39 is 24.0 Å². The van der Waals surface area contributed by atoms with Crippen LogP contribution >= 0.6 is 0 Å². The lowest BCUT2D eigenvalue weighted by Crippen LogP contribution is -2.35. The highest BCUT2D eigenvalue weighted by molar-refractivity contribution is 5.44. The fourth-order valence-corrected chi connectivity index (χ4v) is 1.50. The summed E-state index contributed by atoms with van der Waals surface area (Å²) < 4.78 is 25.5. The average molecular weight is 260 g/mol. The number of alkyl halides is 2. The molecule has 100 valence electrons. The first-order valence-electron chi connectivity index (χ1n) is 5.29. The molecule has 0 bridgehead atoms. The van der Waals surface area contributed by atoms with Crippen molar-refractivity contribution in [1.82, 2.24) is 5.32 Å². The Kier molecular flexibility index (Phi) is 4.69. The number of aliphatic hydroxyl groups excluding tert-OH is 1. The molecule has 18 heavy (non-hydrogen) atoms. The van der Waals surface area contributed by atoms with Crippen LogP contribution in [0, 0.1) is 17.0 Å². The molecule has 0 aliphatic heterocycles. The summed E-state index contributed by atoms with van der Waals surface area (Å²) in [7, 11) is 0. The van der Waals surface area contributed by atoms with Crippen molar-refractivity contribution < 1.29 is 18.8 Å². The van der Waals surface area contributed by atoms with E-state index >= 15 is 0 Å². The molecule has 0 unspecified atom stereocenters. The number of aliphatic hydroxyl groups is 1. The van der Waals surface area contributed by atoms with E-state index in [2.05, 4.69) is 5.32 Å². The first-order valence-corrected chi connectivity index (χ1v) is 5.29. The molecule has 7 heteroatoms. The molecule has 2 N–H and O–H groups in total. The van der Waals surface area contributed by atoms with E-state index in [0.717, 1.165) is 0 Å². The van der Waals surface area contributed by atoms with E-state index in [4.69, 9.17) is 5.11 Å². The van der Waals surface area contributed by atoms with Crippen molar-refractivity contribution in [3.8, 4) is 0 Å². The van der Waals surface area contributed by atoms with E-state index in [-0.39, 0.29) is 12.2 Å². The molecule has 5 nitrogen and oxygen atoms in total. The predicted octanol–water partition coefficient (Wildman–Crippen LogP) is 1.62. The number of nitrogens with one attached hydrogen (secondary N) is 1. The van der Waals surface area contributed by atoms with Crippen LogP contribution in [0.4, 0.5) is 14.5 Å². The fourth-order valence-electron chi connectivity index (χ4n) is 1.50. The topological polar surface area (TPSA) is 75.4 Å². The molecule has 0 amide bonds. The van der Waals surface area contributed by atoms with Gasteiger partial charge < -0.3 is 10.4 Å². The molecular formula is C11H14F2N2O3. The van der Waals surface area contributed by atoms with Gasteiger partial charge in [0.2, 0.25) is 0 Å². The Balaban J connectivity index is 2.69. The van der Waals surface area contributed by atoms with E-state index in [1.54, 1.807) is 13.0 Å². The minimum atomic E-state index is -3.19. The summed E-state index contributed by atoms with van der Waals surface area (Å²) >= 11 is 0. The van der Waals surface area contributed by atoms with Crippen LogP contribution in [0.25, 0.3) is 0 Å². The maximum atomic E-state index is 12.7. The molecule has 0 heterocycles. The number of benzene rings is 1. The van der Waals surface area contributed by atoms with Crippen LogP contribution < -0.4 is 5.32 Å². The Labute approximate surface area is 103 Å². The second-order valence-corrected chi connectivity index (χ2v) is 3.94. The highest BCUT2D eigenvalue weighted by Crippen LogP contribution is 2.21. The van der Waals surface area contributed by atoms with Crippen molar-refractivity contribution in [2.45, 2.75) is 19.4 Å².